The van der Waals surface area contributed by atoms with Crippen molar-refractivity contribution in [2.45, 2.75) is 39.4 Å². The molecule has 0 aliphatic heterocycles. The molecular formula is C13H20O2. The fraction of sp³-hybridized carbons (Fsp3) is 0.538. The zero-order valence-corrected chi connectivity index (χ0v) is 9.99. The summed E-state index contributed by atoms with van der Waals surface area (Å²) in [6.45, 7) is 6.21. The van der Waals surface area contributed by atoms with Crippen molar-refractivity contribution in [1.29, 1.82) is 0 Å². The van der Waals surface area contributed by atoms with Gasteiger partial charge >= 0.3 is 0 Å². The fourth-order valence-corrected chi connectivity index (χ4v) is 1.64. The number of hydrogen-bond acceptors (Lipinski definition) is 2. The predicted molar refractivity (Wildman–Crippen MR) is 62.4 cm³/mol. The summed E-state index contributed by atoms with van der Waals surface area (Å²) in [7, 11) is 1.69. The standard InChI is InChI=1S/C13H20O2/c1-10(2)15-11(3)8-12-6-5-7-13(9-12)14-4/h5-7,9-11H,8H2,1-4H3. The third kappa shape index (κ3) is 4.34. The lowest BCUT2D eigenvalue weighted by molar-refractivity contribution is 0.0195. The van der Waals surface area contributed by atoms with Gasteiger partial charge in [-0.05, 0) is 44.9 Å². The van der Waals surface area contributed by atoms with Crippen LogP contribution in [0, 0.1) is 0 Å². The Morgan fingerprint density at radius 1 is 1.20 bits per heavy atom. The topological polar surface area (TPSA) is 18.5 Å². The van der Waals surface area contributed by atoms with Gasteiger partial charge in [0, 0.05) is 0 Å². The lowest BCUT2D eigenvalue weighted by atomic mass is 10.1. The lowest BCUT2D eigenvalue weighted by Crippen LogP contribution is -2.16. The van der Waals surface area contributed by atoms with Crippen molar-refractivity contribution in [2.75, 3.05) is 7.11 Å². The highest BCUT2D eigenvalue weighted by Gasteiger charge is 2.06. The summed E-state index contributed by atoms with van der Waals surface area (Å²) in [6, 6.07) is 8.12. The van der Waals surface area contributed by atoms with Crippen LogP contribution >= 0.6 is 0 Å². The van der Waals surface area contributed by atoms with Crippen LogP contribution in [0.3, 0.4) is 0 Å². The number of hydrogen-bond donors (Lipinski definition) is 0. The molecule has 0 bridgehead atoms. The van der Waals surface area contributed by atoms with Crippen LogP contribution in [0.2, 0.25) is 0 Å². The Bertz CT molecular complexity index is 294. The molecule has 1 rings (SSSR count). The summed E-state index contributed by atoms with van der Waals surface area (Å²) in [5.41, 5.74) is 1.25. The van der Waals surface area contributed by atoms with E-state index in [-0.39, 0.29) is 12.2 Å². The summed E-state index contributed by atoms with van der Waals surface area (Å²) in [6.07, 6.45) is 1.46. The van der Waals surface area contributed by atoms with Gasteiger partial charge < -0.3 is 9.47 Å². The van der Waals surface area contributed by atoms with Gasteiger partial charge in [0.1, 0.15) is 5.75 Å². The van der Waals surface area contributed by atoms with E-state index in [2.05, 4.69) is 32.9 Å². The molecule has 0 saturated carbocycles. The molecule has 0 radical (unpaired) electrons. The quantitative estimate of drug-likeness (QED) is 0.740. The molecule has 1 unspecified atom stereocenters. The molecule has 1 atom stereocenters. The van der Waals surface area contributed by atoms with E-state index in [1.807, 2.05) is 12.1 Å². The second kappa shape index (κ2) is 5.76. The average molecular weight is 208 g/mol. The van der Waals surface area contributed by atoms with Crippen molar-refractivity contribution in [1.82, 2.24) is 0 Å². The highest BCUT2D eigenvalue weighted by atomic mass is 16.5. The molecule has 1 aromatic carbocycles. The first-order chi connectivity index (χ1) is 7.11. The molecule has 0 amide bonds. The Kier molecular flexibility index (Phi) is 4.63. The maximum Gasteiger partial charge on any atom is 0.119 e. The predicted octanol–water partition coefficient (Wildman–Crippen LogP) is 3.05. The van der Waals surface area contributed by atoms with E-state index in [0.29, 0.717) is 0 Å². The molecule has 2 nitrogen and oxygen atoms in total. The highest BCUT2D eigenvalue weighted by molar-refractivity contribution is 5.28. The third-order valence-corrected chi connectivity index (χ3v) is 2.16. The summed E-state index contributed by atoms with van der Waals surface area (Å²) in [5.74, 6) is 0.907. The normalized spacial score (nSPS) is 12.9. The summed E-state index contributed by atoms with van der Waals surface area (Å²) >= 11 is 0. The Hall–Kier alpha value is -1.02. The van der Waals surface area contributed by atoms with Crippen LogP contribution in [-0.4, -0.2) is 19.3 Å². The monoisotopic (exact) mass is 208 g/mol. The van der Waals surface area contributed by atoms with Crippen molar-refractivity contribution in [3.63, 3.8) is 0 Å². The lowest BCUT2D eigenvalue weighted by Gasteiger charge is -2.16. The Morgan fingerprint density at radius 3 is 2.53 bits per heavy atom. The van der Waals surface area contributed by atoms with Gasteiger partial charge in [-0.1, -0.05) is 12.1 Å². The van der Waals surface area contributed by atoms with Crippen molar-refractivity contribution < 1.29 is 9.47 Å². The zero-order valence-electron chi connectivity index (χ0n) is 9.99. The van der Waals surface area contributed by atoms with E-state index in [4.69, 9.17) is 9.47 Å². The minimum absolute atomic E-state index is 0.247. The van der Waals surface area contributed by atoms with Crippen molar-refractivity contribution in [2.24, 2.45) is 0 Å². The van der Waals surface area contributed by atoms with Gasteiger partial charge in [0.05, 0.1) is 19.3 Å². The minimum Gasteiger partial charge on any atom is -0.497 e. The molecule has 0 fully saturated rings. The van der Waals surface area contributed by atoms with Gasteiger partial charge in [-0.3, -0.25) is 0 Å². The Morgan fingerprint density at radius 2 is 1.93 bits per heavy atom. The van der Waals surface area contributed by atoms with Gasteiger partial charge in [0.25, 0.3) is 0 Å². The van der Waals surface area contributed by atoms with Gasteiger partial charge in [0.2, 0.25) is 0 Å². The fourth-order valence-electron chi connectivity index (χ4n) is 1.64. The van der Waals surface area contributed by atoms with Crippen LogP contribution in [0.25, 0.3) is 0 Å². The summed E-state index contributed by atoms with van der Waals surface area (Å²) in [4.78, 5) is 0. The third-order valence-electron chi connectivity index (χ3n) is 2.16. The van der Waals surface area contributed by atoms with E-state index in [0.717, 1.165) is 12.2 Å². The van der Waals surface area contributed by atoms with Crippen molar-refractivity contribution in [3.8, 4) is 5.75 Å². The summed E-state index contributed by atoms with van der Waals surface area (Å²) < 4.78 is 10.9. The maximum absolute atomic E-state index is 5.69. The van der Waals surface area contributed by atoms with Crippen LogP contribution in [0.4, 0.5) is 0 Å². The van der Waals surface area contributed by atoms with Crippen LogP contribution in [0.15, 0.2) is 24.3 Å². The zero-order chi connectivity index (χ0) is 11.3. The first-order valence-corrected chi connectivity index (χ1v) is 5.40. The van der Waals surface area contributed by atoms with Crippen molar-refractivity contribution in [3.05, 3.63) is 29.8 Å². The van der Waals surface area contributed by atoms with E-state index < -0.39 is 0 Å². The molecular weight excluding hydrogens is 188 g/mol. The Balaban J connectivity index is 2.55. The van der Waals surface area contributed by atoms with Gasteiger partial charge in [-0.15, -0.1) is 0 Å². The van der Waals surface area contributed by atoms with Gasteiger partial charge in [-0.25, -0.2) is 0 Å². The minimum atomic E-state index is 0.247. The highest BCUT2D eigenvalue weighted by Crippen LogP contribution is 2.15. The molecule has 0 aromatic heterocycles. The van der Waals surface area contributed by atoms with E-state index in [9.17, 15) is 0 Å². The molecule has 0 aliphatic carbocycles. The first kappa shape index (κ1) is 12.1. The van der Waals surface area contributed by atoms with Gasteiger partial charge in [0.15, 0.2) is 0 Å². The van der Waals surface area contributed by atoms with Crippen LogP contribution in [0.1, 0.15) is 26.3 Å². The number of rotatable bonds is 5. The Labute approximate surface area is 92.2 Å². The summed E-state index contributed by atoms with van der Waals surface area (Å²) in [5, 5.41) is 0. The largest absolute Gasteiger partial charge is 0.497 e. The molecule has 0 spiro atoms. The van der Waals surface area contributed by atoms with Crippen molar-refractivity contribution >= 4 is 0 Å². The SMILES string of the molecule is COc1cccc(CC(C)OC(C)C)c1. The van der Waals surface area contributed by atoms with Crippen LogP contribution in [-0.2, 0) is 11.2 Å². The molecule has 2 heteroatoms. The molecule has 0 aliphatic rings. The second-order valence-electron chi connectivity index (χ2n) is 4.05. The smallest absolute Gasteiger partial charge is 0.119 e. The van der Waals surface area contributed by atoms with E-state index in [1.54, 1.807) is 7.11 Å². The number of methoxy groups -OCH3 is 1. The molecule has 0 N–H and O–H groups in total. The molecule has 0 heterocycles. The number of benzene rings is 1. The molecule has 0 saturated heterocycles. The van der Waals surface area contributed by atoms with Gasteiger partial charge in [-0.2, -0.15) is 0 Å². The molecule has 1 aromatic rings. The number of ether oxygens (including phenoxy) is 2. The molecule has 84 valence electrons. The molecule has 15 heavy (non-hydrogen) atoms. The maximum atomic E-state index is 5.69. The second-order valence-corrected chi connectivity index (χ2v) is 4.05. The van der Waals surface area contributed by atoms with E-state index in [1.165, 1.54) is 5.56 Å². The van der Waals surface area contributed by atoms with Crippen LogP contribution < -0.4 is 4.74 Å². The average Bonchev–Trinajstić information content (AvgIpc) is 2.16. The first-order valence-electron chi connectivity index (χ1n) is 5.40. The van der Waals surface area contributed by atoms with E-state index >= 15 is 0 Å². The van der Waals surface area contributed by atoms with Crippen LogP contribution in [0.5, 0.6) is 5.75 Å².